The molecule has 0 bridgehead atoms. The molecule has 0 saturated heterocycles. The SMILES string of the molecule is N#Cc1ccc(N2N=C3c4ccccc4CCC3C2=O)nc1. The highest BCUT2D eigenvalue weighted by molar-refractivity contribution is 6.22. The second-order valence-corrected chi connectivity index (χ2v) is 5.40. The van der Waals surface area contributed by atoms with Gasteiger partial charge in [-0.2, -0.15) is 15.4 Å². The molecule has 22 heavy (non-hydrogen) atoms. The molecule has 0 radical (unpaired) electrons. The van der Waals surface area contributed by atoms with Crippen molar-refractivity contribution < 1.29 is 4.79 Å². The van der Waals surface area contributed by atoms with Crippen molar-refractivity contribution >= 4 is 17.4 Å². The first-order chi connectivity index (χ1) is 10.8. The summed E-state index contributed by atoms with van der Waals surface area (Å²) in [5.41, 5.74) is 3.59. The van der Waals surface area contributed by atoms with E-state index in [4.69, 9.17) is 5.26 Å². The van der Waals surface area contributed by atoms with Gasteiger partial charge in [0.25, 0.3) is 5.91 Å². The van der Waals surface area contributed by atoms with Crippen LogP contribution in [-0.4, -0.2) is 16.6 Å². The first kappa shape index (κ1) is 12.7. The molecule has 1 aliphatic carbocycles. The number of nitriles is 1. The number of nitrogens with zero attached hydrogens (tertiary/aromatic N) is 4. The minimum Gasteiger partial charge on any atom is -0.272 e. The maximum atomic E-state index is 12.6. The Kier molecular flexibility index (Phi) is 2.76. The van der Waals surface area contributed by atoms with Crippen molar-refractivity contribution in [1.82, 2.24) is 4.98 Å². The molecule has 2 heterocycles. The lowest BCUT2D eigenvalue weighted by Crippen LogP contribution is -2.30. The van der Waals surface area contributed by atoms with Crippen molar-refractivity contribution in [2.24, 2.45) is 11.0 Å². The monoisotopic (exact) mass is 288 g/mol. The Labute approximate surface area is 127 Å². The van der Waals surface area contributed by atoms with Gasteiger partial charge >= 0.3 is 0 Å². The van der Waals surface area contributed by atoms with Gasteiger partial charge < -0.3 is 0 Å². The van der Waals surface area contributed by atoms with E-state index in [2.05, 4.69) is 16.2 Å². The Bertz CT molecular complexity index is 832. The summed E-state index contributed by atoms with van der Waals surface area (Å²) in [5.74, 6) is 0.234. The Morgan fingerprint density at radius 3 is 2.86 bits per heavy atom. The molecule has 0 fully saturated rings. The van der Waals surface area contributed by atoms with Crippen LogP contribution in [0.5, 0.6) is 0 Å². The van der Waals surface area contributed by atoms with E-state index < -0.39 is 0 Å². The average Bonchev–Trinajstić information content (AvgIpc) is 2.92. The number of anilines is 1. The van der Waals surface area contributed by atoms with Crippen molar-refractivity contribution in [1.29, 1.82) is 5.26 Å². The molecular weight excluding hydrogens is 276 g/mol. The molecule has 5 nitrogen and oxygen atoms in total. The number of carbonyl (C=O) groups excluding carboxylic acids is 1. The molecule has 0 N–H and O–H groups in total. The van der Waals surface area contributed by atoms with E-state index in [1.165, 1.54) is 16.8 Å². The first-order valence-electron chi connectivity index (χ1n) is 7.15. The summed E-state index contributed by atoms with van der Waals surface area (Å²) in [5, 5.41) is 14.7. The van der Waals surface area contributed by atoms with Gasteiger partial charge in [-0.25, -0.2) is 4.98 Å². The molecule has 0 saturated carbocycles. The minimum absolute atomic E-state index is 0.0401. The topological polar surface area (TPSA) is 69.3 Å². The summed E-state index contributed by atoms with van der Waals surface area (Å²) in [6.45, 7) is 0. The van der Waals surface area contributed by atoms with Gasteiger partial charge in [-0.15, -0.1) is 0 Å². The summed E-state index contributed by atoms with van der Waals surface area (Å²) < 4.78 is 0. The number of amides is 1. The Hall–Kier alpha value is -3.00. The number of aromatic nitrogens is 1. The third-order valence-corrected chi connectivity index (χ3v) is 4.13. The van der Waals surface area contributed by atoms with E-state index in [1.807, 2.05) is 24.3 Å². The van der Waals surface area contributed by atoms with Gasteiger partial charge in [0.2, 0.25) is 0 Å². The quantitative estimate of drug-likeness (QED) is 0.808. The van der Waals surface area contributed by atoms with Crippen LogP contribution in [0.3, 0.4) is 0 Å². The molecule has 5 heteroatoms. The Morgan fingerprint density at radius 2 is 2.09 bits per heavy atom. The highest BCUT2D eigenvalue weighted by Crippen LogP contribution is 2.33. The van der Waals surface area contributed by atoms with Crippen LogP contribution >= 0.6 is 0 Å². The van der Waals surface area contributed by atoms with Crippen molar-refractivity contribution in [3.05, 3.63) is 59.3 Å². The van der Waals surface area contributed by atoms with E-state index in [-0.39, 0.29) is 11.8 Å². The number of hydrazone groups is 1. The fourth-order valence-electron chi connectivity index (χ4n) is 3.02. The molecule has 1 aliphatic heterocycles. The highest BCUT2D eigenvalue weighted by atomic mass is 16.2. The third kappa shape index (κ3) is 1.81. The molecule has 4 rings (SSSR count). The zero-order valence-electron chi connectivity index (χ0n) is 11.7. The van der Waals surface area contributed by atoms with Crippen molar-refractivity contribution in [3.63, 3.8) is 0 Å². The second-order valence-electron chi connectivity index (χ2n) is 5.40. The standard InChI is InChI=1S/C17H12N4O/c18-9-11-5-8-15(19-10-11)21-17(22)14-7-6-12-3-1-2-4-13(12)16(14)20-21/h1-5,8,10,14H,6-7H2. The van der Waals surface area contributed by atoms with Crippen molar-refractivity contribution in [2.75, 3.05) is 5.01 Å². The van der Waals surface area contributed by atoms with E-state index in [9.17, 15) is 4.79 Å². The summed E-state index contributed by atoms with van der Waals surface area (Å²) in [6, 6.07) is 13.4. The first-order valence-corrected chi connectivity index (χ1v) is 7.15. The van der Waals surface area contributed by atoms with E-state index in [1.54, 1.807) is 12.1 Å². The summed E-state index contributed by atoms with van der Waals surface area (Å²) in [6.07, 6.45) is 3.13. The molecule has 1 amide bonds. The van der Waals surface area contributed by atoms with Crippen LogP contribution in [0.4, 0.5) is 5.82 Å². The largest absolute Gasteiger partial charge is 0.272 e. The number of pyridine rings is 1. The van der Waals surface area contributed by atoms with E-state index in [0.717, 1.165) is 24.1 Å². The van der Waals surface area contributed by atoms with Gasteiger partial charge in [0.1, 0.15) is 6.07 Å². The van der Waals surface area contributed by atoms with Gasteiger partial charge in [-0.1, -0.05) is 24.3 Å². The van der Waals surface area contributed by atoms with Gasteiger partial charge in [0.15, 0.2) is 5.82 Å². The van der Waals surface area contributed by atoms with E-state index in [0.29, 0.717) is 11.4 Å². The summed E-state index contributed by atoms with van der Waals surface area (Å²) in [4.78, 5) is 16.8. The molecule has 1 unspecified atom stereocenters. The molecule has 2 aromatic rings. The third-order valence-electron chi connectivity index (χ3n) is 4.13. The highest BCUT2D eigenvalue weighted by Gasteiger charge is 2.40. The smallest absolute Gasteiger partial charge is 0.258 e. The molecule has 2 aliphatic rings. The number of rotatable bonds is 1. The molecule has 0 spiro atoms. The maximum absolute atomic E-state index is 12.6. The van der Waals surface area contributed by atoms with Crippen molar-refractivity contribution in [2.45, 2.75) is 12.8 Å². The van der Waals surface area contributed by atoms with Crippen LogP contribution < -0.4 is 5.01 Å². The number of fused-ring (bicyclic) bond motifs is 3. The molecule has 106 valence electrons. The second kappa shape index (κ2) is 4.78. The molecule has 1 atom stereocenters. The number of hydrogen-bond donors (Lipinski definition) is 0. The summed E-state index contributed by atoms with van der Waals surface area (Å²) in [7, 11) is 0. The molecule has 1 aromatic carbocycles. The van der Waals surface area contributed by atoms with Crippen molar-refractivity contribution in [3.8, 4) is 6.07 Å². The Morgan fingerprint density at radius 1 is 1.23 bits per heavy atom. The number of benzene rings is 1. The van der Waals surface area contributed by atoms with Crippen LogP contribution in [0.1, 0.15) is 23.1 Å². The van der Waals surface area contributed by atoms with Crippen LogP contribution in [0.15, 0.2) is 47.7 Å². The fraction of sp³-hybridized carbons (Fsp3) is 0.176. The van der Waals surface area contributed by atoms with E-state index >= 15 is 0 Å². The number of carbonyl (C=O) groups is 1. The summed E-state index contributed by atoms with van der Waals surface area (Å²) >= 11 is 0. The maximum Gasteiger partial charge on any atom is 0.258 e. The zero-order chi connectivity index (χ0) is 15.1. The van der Waals surface area contributed by atoms with Crippen LogP contribution in [0, 0.1) is 17.2 Å². The molecular formula is C17H12N4O. The predicted molar refractivity (Wildman–Crippen MR) is 81.2 cm³/mol. The van der Waals surface area contributed by atoms with Crippen LogP contribution in [0.25, 0.3) is 0 Å². The number of hydrogen-bond acceptors (Lipinski definition) is 4. The minimum atomic E-state index is -0.188. The van der Waals surface area contributed by atoms with Gasteiger partial charge in [-0.3, -0.25) is 4.79 Å². The zero-order valence-corrected chi connectivity index (χ0v) is 11.7. The number of aryl methyl sites for hydroxylation is 1. The predicted octanol–water partition coefficient (Wildman–Crippen LogP) is 2.27. The lowest BCUT2D eigenvalue weighted by molar-refractivity contribution is -0.119. The van der Waals surface area contributed by atoms with Crippen LogP contribution in [0.2, 0.25) is 0 Å². The lowest BCUT2D eigenvalue weighted by atomic mass is 9.82. The molecule has 1 aromatic heterocycles. The lowest BCUT2D eigenvalue weighted by Gasteiger charge is -2.20. The normalized spacial score (nSPS) is 19.2. The Balaban J connectivity index is 1.76. The van der Waals surface area contributed by atoms with Gasteiger partial charge in [-0.05, 0) is 30.5 Å². The van der Waals surface area contributed by atoms with Crippen LogP contribution in [-0.2, 0) is 11.2 Å². The van der Waals surface area contributed by atoms with Gasteiger partial charge in [0.05, 0.1) is 17.2 Å². The fourth-order valence-corrected chi connectivity index (χ4v) is 3.02. The van der Waals surface area contributed by atoms with Gasteiger partial charge in [0, 0.05) is 11.8 Å². The average molecular weight is 288 g/mol.